The van der Waals surface area contributed by atoms with E-state index in [2.05, 4.69) is 26.6 Å². The van der Waals surface area contributed by atoms with Crippen LogP contribution in [0.25, 0.3) is 0 Å². The summed E-state index contributed by atoms with van der Waals surface area (Å²) in [5, 5.41) is 14.1. The molecular weight excluding hydrogens is 300 g/mol. The Kier molecular flexibility index (Phi) is 3.30. The number of aliphatic carboxylic acids is 1. The van der Waals surface area contributed by atoms with Crippen LogP contribution in [0.3, 0.4) is 0 Å². The molecule has 0 bridgehead atoms. The average molecular weight is 313 g/mol. The van der Waals surface area contributed by atoms with Crippen LogP contribution in [0, 0.1) is 6.92 Å². The molecule has 3 N–H and O–H groups in total. The normalized spacial score (nSPS) is 15.9. The number of rotatable bonds is 3. The van der Waals surface area contributed by atoms with Crippen LogP contribution in [-0.2, 0) is 4.79 Å². The molecule has 2 amide bonds. The molecule has 0 saturated heterocycles. The van der Waals surface area contributed by atoms with E-state index in [4.69, 9.17) is 5.11 Å². The fourth-order valence-electron chi connectivity index (χ4n) is 1.63. The van der Waals surface area contributed by atoms with Crippen molar-refractivity contribution in [2.24, 2.45) is 0 Å². The van der Waals surface area contributed by atoms with E-state index in [1.54, 1.807) is 6.07 Å². The molecule has 0 unspecified atom stereocenters. The van der Waals surface area contributed by atoms with Crippen molar-refractivity contribution < 1.29 is 14.7 Å². The molecule has 1 fully saturated rings. The van der Waals surface area contributed by atoms with Gasteiger partial charge >= 0.3 is 12.0 Å². The van der Waals surface area contributed by atoms with Gasteiger partial charge in [0.25, 0.3) is 0 Å². The van der Waals surface area contributed by atoms with E-state index in [-0.39, 0.29) is 0 Å². The lowest BCUT2D eigenvalue weighted by atomic mass is 10.2. The highest BCUT2D eigenvalue weighted by atomic mass is 79.9. The zero-order valence-corrected chi connectivity index (χ0v) is 11.4. The minimum absolute atomic E-state index is 0.477. The van der Waals surface area contributed by atoms with Crippen LogP contribution in [0.1, 0.15) is 18.4 Å². The molecule has 0 spiro atoms. The molecule has 2 rings (SSSR count). The van der Waals surface area contributed by atoms with Gasteiger partial charge < -0.3 is 15.7 Å². The van der Waals surface area contributed by atoms with E-state index in [0.29, 0.717) is 18.5 Å². The molecule has 0 radical (unpaired) electrons. The van der Waals surface area contributed by atoms with E-state index in [1.165, 1.54) is 0 Å². The first kappa shape index (κ1) is 12.9. The van der Waals surface area contributed by atoms with Gasteiger partial charge in [-0.05, 0) is 47.3 Å². The van der Waals surface area contributed by atoms with Crippen LogP contribution < -0.4 is 10.6 Å². The second kappa shape index (κ2) is 4.61. The first-order valence-corrected chi connectivity index (χ1v) is 6.31. The molecule has 6 heteroatoms. The molecule has 1 aromatic carbocycles. The van der Waals surface area contributed by atoms with E-state index in [1.807, 2.05) is 19.1 Å². The summed E-state index contributed by atoms with van der Waals surface area (Å²) in [5.41, 5.74) is 0.543. The lowest BCUT2D eigenvalue weighted by Gasteiger charge is -2.14. The summed E-state index contributed by atoms with van der Waals surface area (Å²) < 4.78 is 0.792. The fourth-order valence-corrected chi connectivity index (χ4v) is 2.00. The second-order valence-corrected chi connectivity index (χ2v) is 5.20. The van der Waals surface area contributed by atoms with Crippen molar-refractivity contribution in [3.63, 3.8) is 0 Å². The van der Waals surface area contributed by atoms with Crippen molar-refractivity contribution in [1.82, 2.24) is 5.32 Å². The molecule has 5 nitrogen and oxygen atoms in total. The summed E-state index contributed by atoms with van der Waals surface area (Å²) in [4.78, 5) is 22.7. The molecule has 18 heavy (non-hydrogen) atoms. The van der Waals surface area contributed by atoms with Crippen molar-refractivity contribution in [1.29, 1.82) is 0 Å². The first-order chi connectivity index (χ1) is 8.44. The topological polar surface area (TPSA) is 78.4 Å². The number of carbonyl (C=O) groups is 2. The van der Waals surface area contributed by atoms with E-state index in [9.17, 15) is 9.59 Å². The van der Waals surface area contributed by atoms with Crippen LogP contribution in [0.4, 0.5) is 10.5 Å². The number of carboxylic acid groups (broad SMARTS) is 1. The third kappa shape index (κ3) is 2.48. The van der Waals surface area contributed by atoms with Crippen LogP contribution in [0.15, 0.2) is 22.7 Å². The summed E-state index contributed by atoms with van der Waals surface area (Å²) in [7, 11) is 0. The Morgan fingerprint density at radius 2 is 2.06 bits per heavy atom. The van der Waals surface area contributed by atoms with Crippen molar-refractivity contribution in [3.05, 3.63) is 28.2 Å². The summed E-state index contributed by atoms with van der Waals surface area (Å²) in [6.45, 7) is 1.91. The minimum atomic E-state index is -1.07. The number of hydrogen-bond donors (Lipinski definition) is 3. The lowest BCUT2D eigenvalue weighted by Crippen LogP contribution is -2.45. The highest BCUT2D eigenvalue weighted by Gasteiger charge is 2.51. The number of aryl methyl sites for hydroxylation is 1. The Morgan fingerprint density at radius 1 is 1.39 bits per heavy atom. The predicted molar refractivity (Wildman–Crippen MR) is 70.6 cm³/mol. The molecule has 1 aliphatic carbocycles. The van der Waals surface area contributed by atoms with Gasteiger partial charge in [0.05, 0.1) is 5.69 Å². The maximum absolute atomic E-state index is 11.7. The highest BCUT2D eigenvalue weighted by Crippen LogP contribution is 2.35. The number of benzene rings is 1. The lowest BCUT2D eigenvalue weighted by molar-refractivity contribution is -0.140. The largest absolute Gasteiger partial charge is 0.480 e. The quantitative estimate of drug-likeness (QED) is 0.802. The number of hydrogen-bond acceptors (Lipinski definition) is 2. The molecule has 1 aromatic rings. The van der Waals surface area contributed by atoms with Gasteiger partial charge in [-0.1, -0.05) is 12.1 Å². The number of anilines is 1. The number of amides is 2. The zero-order chi connectivity index (χ0) is 13.3. The molecule has 1 aliphatic rings. The fraction of sp³-hybridized carbons (Fsp3) is 0.333. The Morgan fingerprint density at radius 3 is 2.61 bits per heavy atom. The molecule has 0 aromatic heterocycles. The number of nitrogens with one attached hydrogen (secondary N) is 2. The average Bonchev–Trinajstić information content (AvgIpc) is 3.06. The monoisotopic (exact) mass is 312 g/mol. The number of halogens is 1. The Bertz CT molecular complexity index is 512. The maximum atomic E-state index is 11.7. The number of carbonyl (C=O) groups excluding carboxylic acids is 1. The van der Waals surface area contributed by atoms with E-state index in [0.717, 1.165) is 10.0 Å². The van der Waals surface area contributed by atoms with Gasteiger partial charge in [0.15, 0.2) is 0 Å². The third-order valence-electron chi connectivity index (χ3n) is 2.95. The Balaban J connectivity index is 2.04. The first-order valence-electron chi connectivity index (χ1n) is 5.52. The van der Waals surface area contributed by atoms with Crippen molar-refractivity contribution in [2.45, 2.75) is 25.3 Å². The van der Waals surface area contributed by atoms with Crippen LogP contribution in [0.5, 0.6) is 0 Å². The SMILES string of the molecule is Cc1cccc(NC(=O)NC2(C(=O)O)CC2)c1Br. The van der Waals surface area contributed by atoms with Gasteiger partial charge in [-0.15, -0.1) is 0 Å². The van der Waals surface area contributed by atoms with Gasteiger partial charge in [0.2, 0.25) is 0 Å². The zero-order valence-electron chi connectivity index (χ0n) is 9.79. The molecular formula is C12H13BrN2O3. The summed E-state index contributed by atoms with van der Waals surface area (Å²) in [6, 6.07) is 4.98. The van der Waals surface area contributed by atoms with Crippen LogP contribution in [0.2, 0.25) is 0 Å². The second-order valence-electron chi connectivity index (χ2n) is 4.40. The molecule has 0 aliphatic heterocycles. The molecule has 0 atom stereocenters. The van der Waals surface area contributed by atoms with Gasteiger partial charge in [-0.25, -0.2) is 9.59 Å². The molecule has 0 heterocycles. The van der Waals surface area contributed by atoms with E-state index >= 15 is 0 Å². The van der Waals surface area contributed by atoms with Gasteiger partial charge in [0.1, 0.15) is 5.54 Å². The third-order valence-corrected chi connectivity index (χ3v) is 4.00. The smallest absolute Gasteiger partial charge is 0.329 e. The van der Waals surface area contributed by atoms with E-state index < -0.39 is 17.5 Å². The number of carboxylic acids is 1. The van der Waals surface area contributed by atoms with Crippen LogP contribution in [-0.4, -0.2) is 22.6 Å². The maximum Gasteiger partial charge on any atom is 0.329 e. The van der Waals surface area contributed by atoms with Crippen molar-refractivity contribution >= 4 is 33.6 Å². The Labute approximate surface area is 113 Å². The summed E-state index contributed by atoms with van der Waals surface area (Å²) in [6.07, 6.45) is 0.954. The van der Waals surface area contributed by atoms with Gasteiger partial charge in [-0.3, -0.25) is 0 Å². The summed E-state index contributed by atoms with van der Waals surface area (Å²) >= 11 is 3.37. The summed E-state index contributed by atoms with van der Waals surface area (Å²) in [5.74, 6) is -0.985. The van der Waals surface area contributed by atoms with Gasteiger partial charge in [-0.2, -0.15) is 0 Å². The number of urea groups is 1. The minimum Gasteiger partial charge on any atom is -0.480 e. The van der Waals surface area contributed by atoms with Crippen molar-refractivity contribution in [3.8, 4) is 0 Å². The van der Waals surface area contributed by atoms with Crippen molar-refractivity contribution in [2.75, 3.05) is 5.32 Å². The molecule has 96 valence electrons. The van der Waals surface area contributed by atoms with Gasteiger partial charge in [0, 0.05) is 4.47 Å². The standard InChI is InChI=1S/C12H13BrN2O3/c1-7-3-2-4-8(9(7)13)14-11(18)15-12(5-6-12)10(16)17/h2-4H,5-6H2,1H3,(H,16,17)(H2,14,15,18). The predicted octanol–water partition coefficient (Wildman–Crippen LogP) is 2.50. The van der Waals surface area contributed by atoms with Crippen LogP contribution >= 0.6 is 15.9 Å². The highest BCUT2D eigenvalue weighted by molar-refractivity contribution is 9.10. The Hall–Kier alpha value is -1.56. The molecule has 1 saturated carbocycles.